The van der Waals surface area contributed by atoms with E-state index in [0.717, 1.165) is 16.7 Å². The van der Waals surface area contributed by atoms with E-state index in [2.05, 4.69) is 6.07 Å². The van der Waals surface area contributed by atoms with Crippen molar-refractivity contribution < 1.29 is 10.2 Å². The third-order valence-corrected chi connectivity index (χ3v) is 4.30. The molecule has 1 unspecified atom stereocenters. The average molecular weight is 324 g/mol. The number of hydrogen-bond donors (Lipinski definition) is 2. The van der Waals surface area contributed by atoms with Crippen molar-refractivity contribution >= 4 is 11.6 Å². The van der Waals surface area contributed by atoms with Crippen molar-refractivity contribution in [2.24, 2.45) is 0 Å². The van der Waals surface area contributed by atoms with Crippen molar-refractivity contribution in [3.05, 3.63) is 94.5 Å². The first kappa shape index (κ1) is 15.4. The number of rotatable bonds is 4. The van der Waals surface area contributed by atoms with Crippen LogP contribution in [0.15, 0.2) is 66.7 Å². The van der Waals surface area contributed by atoms with E-state index in [1.54, 1.807) is 24.3 Å². The fourth-order valence-corrected chi connectivity index (χ4v) is 2.94. The largest absolute Gasteiger partial charge is 0.508 e. The van der Waals surface area contributed by atoms with E-state index >= 15 is 0 Å². The van der Waals surface area contributed by atoms with Gasteiger partial charge in [-0.15, -0.1) is 0 Å². The lowest BCUT2D eigenvalue weighted by molar-refractivity contribution is 0.464. The monoisotopic (exact) mass is 323 g/mol. The molecule has 115 valence electrons. The number of phenolic OH excluding ortho intramolecular Hbond substituents is 2. The first-order valence-electron chi connectivity index (χ1n) is 7.36. The first-order valence-corrected chi connectivity index (χ1v) is 7.74. The Labute approximate surface area is 140 Å². The summed E-state index contributed by atoms with van der Waals surface area (Å²) in [5.41, 5.74) is 2.83. The molecule has 0 aliphatic carbocycles. The highest BCUT2D eigenvalue weighted by molar-refractivity contribution is 6.31. The predicted molar refractivity (Wildman–Crippen MR) is 92.0 cm³/mol. The van der Waals surface area contributed by atoms with Crippen molar-refractivity contribution in [2.75, 3.05) is 0 Å². The molecule has 0 saturated heterocycles. The van der Waals surface area contributed by atoms with Crippen LogP contribution in [-0.4, -0.2) is 10.2 Å². The normalized spacial score (nSPS) is 12.0. The summed E-state index contributed by atoms with van der Waals surface area (Å²) < 4.78 is 0. The molecule has 2 nitrogen and oxygen atoms in total. The minimum atomic E-state index is -0.0647. The highest BCUT2D eigenvalue weighted by atomic mass is 35.5. The predicted octanol–water partition coefficient (Wildman–Crippen LogP) is 4.93. The second-order valence-corrected chi connectivity index (χ2v) is 5.83. The van der Waals surface area contributed by atoms with Crippen LogP contribution in [-0.2, 0) is 6.42 Å². The molecule has 0 bridgehead atoms. The van der Waals surface area contributed by atoms with Gasteiger partial charge in [-0.05, 0) is 47.9 Å². The van der Waals surface area contributed by atoms with Gasteiger partial charge in [0.2, 0.25) is 0 Å². The van der Waals surface area contributed by atoms with Gasteiger partial charge in [-0.3, -0.25) is 0 Å². The first-order chi connectivity index (χ1) is 11.1. The molecule has 3 aromatic rings. The van der Waals surface area contributed by atoms with Gasteiger partial charge in [0.25, 0.3) is 0 Å². The van der Waals surface area contributed by atoms with E-state index in [1.807, 2.05) is 42.5 Å². The van der Waals surface area contributed by atoms with Gasteiger partial charge in [-0.2, -0.15) is 0 Å². The van der Waals surface area contributed by atoms with E-state index < -0.39 is 0 Å². The Morgan fingerprint density at radius 3 is 2.39 bits per heavy atom. The minimum Gasteiger partial charge on any atom is -0.508 e. The van der Waals surface area contributed by atoms with Gasteiger partial charge < -0.3 is 10.2 Å². The van der Waals surface area contributed by atoms with Gasteiger partial charge in [0, 0.05) is 16.5 Å². The van der Waals surface area contributed by atoms with Crippen LogP contribution in [0.4, 0.5) is 0 Å². The maximum atomic E-state index is 10.2. The Hall–Kier alpha value is -2.45. The Kier molecular flexibility index (Phi) is 4.54. The van der Waals surface area contributed by atoms with Crippen LogP contribution in [0, 0.1) is 6.07 Å². The van der Waals surface area contributed by atoms with E-state index in [1.165, 1.54) is 0 Å². The molecule has 0 aliphatic rings. The zero-order chi connectivity index (χ0) is 16.2. The van der Waals surface area contributed by atoms with Gasteiger partial charge in [-0.25, -0.2) is 0 Å². The van der Waals surface area contributed by atoms with E-state index in [4.69, 9.17) is 11.6 Å². The standard InChI is InChI=1S/C20H16ClO2/c21-19-7-3-1-5-15(19)13-18(14-9-11-16(22)12-10-14)17-6-2-4-8-20(17)23/h1-3,5-12,18,22-23H,13H2. The molecule has 0 heterocycles. The van der Waals surface area contributed by atoms with Crippen LogP contribution < -0.4 is 0 Å². The van der Waals surface area contributed by atoms with Crippen molar-refractivity contribution in [1.82, 2.24) is 0 Å². The third kappa shape index (κ3) is 3.49. The topological polar surface area (TPSA) is 40.5 Å². The summed E-state index contributed by atoms with van der Waals surface area (Å²) in [5.74, 6) is 0.360. The smallest absolute Gasteiger partial charge is 0.120 e. The van der Waals surface area contributed by atoms with Gasteiger partial charge in [0.05, 0.1) is 0 Å². The molecule has 23 heavy (non-hydrogen) atoms. The zero-order valence-electron chi connectivity index (χ0n) is 12.4. The Bertz CT molecular complexity index is 797. The third-order valence-electron chi connectivity index (χ3n) is 3.93. The van der Waals surface area contributed by atoms with Gasteiger partial charge >= 0.3 is 0 Å². The van der Waals surface area contributed by atoms with Gasteiger partial charge in [-0.1, -0.05) is 54.1 Å². The number of phenols is 2. The second-order valence-electron chi connectivity index (χ2n) is 5.42. The lowest BCUT2D eigenvalue weighted by Gasteiger charge is -2.20. The molecule has 0 amide bonds. The lowest BCUT2D eigenvalue weighted by atomic mass is 9.85. The second kappa shape index (κ2) is 6.76. The number of hydrogen-bond acceptors (Lipinski definition) is 2. The summed E-state index contributed by atoms with van der Waals surface area (Å²) in [7, 11) is 0. The molecule has 0 spiro atoms. The van der Waals surface area contributed by atoms with Crippen molar-refractivity contribution in [2.45, 2.75) is 12.3 Å². The molecule has 1 atom stereocenters. The molecule has 0 saturated carbocycles. The van der Waals surface area contributed by atoms with Crippen molar-refractivity contribution in [1.29, 1.82) is 0 Å². The van der Waals surface area contributed by atoms with E-state index in [9.17, 15) is 10.2 Å². The molecular weight excluding hydrogens is 308 g/mol. The van der Waals surface area contributed by atoms with Crippen molar-refractivity contribution in [3.8, 4) is 11.5 Å². The summed E-state index contributed by atoms with van der Waals surface area (Å²) in [6.45, 7) is 0. The van der Waals surface area contributed by atoms with Crippen LogP contribution in [0.5, 0.6) is 11.5 Å². The molecule has 0 fully saturated rings. The molecule has 3 aromatic carbocycles. The molecule has 2 N–H and O–H groups in total. The average Bonchev–Trinajstić information content (AvgIpc) is 2.56. The summed E-state index contributed by atoms with van der Waals surface area (Å²) in [6, 6.07) is 22.8. The van der Waals surface area contributed by atoms with E-state index in [-0.39, 0.29) is 17.4 Å². The fraction of sp³-hybridized carbons (Fsp3) is 0.100. The lowest BCUT2D eigenvalue weighted by Crippen LogP contribution is -2.06. The highest BCUT2D eigenvalue weighted by Crippen LogP contribution is 2.35. The van der Waals surface area contributed by atoms with E-state index in [0.29, 0.717) is 11.4 Å². The van der Waals surface area contributed by atoms with Crippen LogP contribution >= 0.6 is 11.6 Å². The quantitative estimate of drug-likeness (QED) is 0.715. The molecule has 1 radical (unpaired) electrons. The molecule has 0 aliphatic heterocycles. The maximum Gasteiger partial charge on any atom is 0.120 e. The fourth-order valence-electron chi connectivity index (χ4n) is 2.73. The number of aromatic hydroxyl groups is 2. The SMILES string of the molecule is Oc1ccc(C(Cc2ccccc2Cl)c2cc[c]cc2O)cc1. The minimum absolute atomic E-state index is 0.0647. The van der Waals surface area contributed by atoms with Gasteiger partial charge in [0.1, 0.15) is 11.5 Å². The summed E-state index contributed by atoms with van der Waals surface area (Å²) in [5, 5.41) is 20.5. The number of benzene rings is 3. The highest BCUT2D eigenvalue weighted by Gasteiger charge is 2.19. The zero-order valence-corrected chi connectivity index (χ0v) is 13.2. The van der Waals surface area contributed by atoms with Crippen LogP contribution in [0.3, 0.4) is 0 Å². The van der Waals surface area contributed by atoms with Crippen LogP contribution in [0.25, 0.3) is 0 Å². The molecule has 3 rings (SSSR count). The number of halogens is 1. The summed E-state index contributed by atoms with van der Waals surface area (Å²) >= 11 is 6.30. The Balaban J connectivity index is 2.05. The Morgan fingerprint density at radius 2 is 1.70 bits per heavy atom. The van der Waals surface area contributed by atoms with Crippen molar-refractivity contribution in [3.63, 3.8) is 0 Å². The van der Waals surface area contributed by atoms with Gasteiger partial charge in [0.15, 0.2) is 0 Å². The van der Waals surface area contributed by atoms with Crippen LogP contribution in [0.1, 0.15) is 22.6 Å². The Morgan fingerprint density at radius 1 is 0.957 bits per heavy atom. The maximum absolute atomic E-state index is 10.2. The molecule has 0 aromatic heterocycles. The summed E-state index contributed by atoms with van der Waals surface area (Å²) in [6.07, 6.45) is 0.655. The van der Waals surface area contributed by atoms with Crippen LogP contribution in [0.2, 0.25) is 5.02 Å². The molecule has 3 heteroatoms. The molecular formula is C20H16ClO2. The summed E-state index contributed by atoms with van der Waals surface area (Å²) in [4.78, 5) is 0.